The molecule has 20 heavy (non-hydrogen) atoms. The van der Waals surface area contributed by atoms with Crippen molar-refractivity contribution in [2.75, 3.05) is 7.11 Å². The van der Waals surface area contributed by atoms with Gasteiger partial charge in [-0.1, -0.05) is 36.4 Å². The number of para-hydroxylation sites is 2. The van der Waals surface area contributed by atoms with E-state index in [0.717, 1.165) is 5.56 Å². The number of amidine groups is 1. The Bertz CT molecular complexity index is 570. The van der Waals surface area contributed by atoms with E-state index in [1.807, 2.05) is 48.5 Å². The van der Waals surface area contributed by atoms with Crippen molar-refractivity contribution in [3.8, 4) is 11.5 Å². The number of nitrogen functional groups attached to an aromatic ring is 1. The lowest BCUT2D eigenvalue weighted by Gasteiger charge is -2.10. The normalized spacial score (nSPS) is 9.45. The van der Waals surface area contributed by atoms with Gasteiger partial charge in [0.15, 0.2) is 11.5 Å². The molecule has 3 N–H and O–H groups in total. The first kappa shape index (κ1) is 15.9. The van der Waals surface area contributed by atoms with E-state index in [1.54, 1.807) is 7.11 Å². The fraction of sp³-hybridized carbons (Fsp3) is 0.133. The molecule has 2 aromatic rings. The van der Waals surface area contributed by atoms with Crippen LogP contribution in [0.5, 0.6) is 11.5 Å². The van der Waals surface area contributed by atoms with Gasteiger partial charge in [0.25, 0.3) is 0 Å². The summed E-state index contributed by atoms with van der Waals surface area (Å²) in [5, 5.41) is 7.33. The minimum atomic E-state index is 0. The third-order valence-corrected chi connectivity index (χ3v) is 2.73. The monoisotopic (exact) mass is 292 g/mol. The molecule has 4 nitrogen and oxygen atoms in total. The van der Waals surface area contributed by atoms with Crippen LogP contribution in [-0.4, -0.2) is 12.9 Å². The molecule has 0 radical (unpaired) electrons. The molecular formula is C15H17ClN2O2. The third-order valence-electron chi connectivity index (χ3n) is 2.73. The highest BCUT2D eigenvalue weighted by atomic mass is 35.5. The second-order valence-corrected chi connectivity index (χ2v) is 4.05. The number of hydrogen-bond acceptors (Lipinski definition) is 3. The van der Waals surface area contributed by atoms with Crippen molar-refractivity contribution in [3.63, 3.8) is 0 Å². The molecular weight excluding hydrogens is 276 g/mol. The lowest BCUT2D eigenvalue weighted by atomic mass is 10.1. The molecule has 0 aromatic heterocycles. The predicted octanol–water partition coefficient (Wildman–Crippen LogP) is 2.98. The van der Waals surface area contributed by atoms with Gasteiger partial charge in [-0.3, -0.25) is 5.41 Å². The number of hydrogen-bond donors (Lipinski definition) is 2. The molecule has 0 unspecified atom stereocenters. The second kappa shape index (κ2) is 7.40. The first-order valence-corrected chi connectivity index (χ1v) is 5.90. The van der Waals surface area contributed by atoms with E-state index in [-0.39, 0.29) is 18.2 Å². The number of nitrogens with one attached hydrogen (secondary N) is 1. The van der Waals surface area contributed by atoms with Crippen LogP contribution in [0.15, 0.2) is 48.5 Å². The van der Waals surface area contributed by atoms with Gasteiger partial charge < -0.3 is 15.2 Å². The lowest BCUT2D eigenvalue weighted by Crippen LogP contribution is -2.10. The highest BCUT2D eigenvalue weighted by Crippen LogP contribution is 2.26. The average molecular weight is 293 g/mol. The van der Waals surface area contributed by atoms with E-state index in [4.69, 9.17) is 20.6 Å². The Morgan fingerprint density at radius 2 is 1.65 bits per heavy atom. The maximum absolute atomic E-state index is 7.33. The Kier molecular flexibility index (Phi) is 5.87. The highest BCUT2D eigenvalue weighted by molar-refractivity contribution is 5.94. The van der Waals surface area contributed by atoms with Gasteiger partial charge in [0.1, 0.15) is 12.4 Å². The van der Waals surface area contributed by atoms with Crippen LogP contribution < -0.4 is 15.2 Å². The van der Waals surface area contributed by atoms with Crippen molar-refractivity contribution in [1.82, 2.24) is 0 Å². The van der Waals surface area contributed by atoms with E-state index in [0.29, 0.717) is 23.7 Å². The van der Waals surface area contributed by atoms with Crippen LogP contribution in [0.3, 0.4) is 0 Å². The number of methoxy groups -OCH3 is 1. The van der Waals surface area contributed by atoms with Crippen LogP contribution in [0.2, 0.25) is 0 Å². The fourth-order valence-corrected chi connectivity index (χ4v) is 1.68. The number of benzene rings is 2. The van der Waals surface area contributed by atoms with Gasteiger partial charge in [0, 0.05) is 5.56 Å². The summed E-state index contributed by atoms with van der Waals surface area (Å²) in [6.07, 6.45) is 0. The molecule has 0 spiro atoms. The van der Waals surface area contributed by atoms with Gasteiger partial charge in [-0.15, -0.1) is 12.4 Å². The van der Waals surface area contributed by atoms with Gasteiger partial charge in [-0.2, -0.15) is 0 Å². The molecule has 5 heteroatoms. The Balaban J connectivity index is 0.00000200. The molecule has 0 heterocycles. The molecule has 2 aromatic carbocycles. The molecule has 0 amide bonds. The first-order valence-electron chi connectivity index (χ1n) is 5.90. The number of halogens is 1. The molecule has 106 valence electrons. The van der Waals surface area contributed by atoms with Crippen molar-refractivity contribution in [2.45, 2.75) is 6.61 Å². The first-order chi connectivity index (χ1) is 9.20. The summed E-state index contributed by atoms with van der Waals surface area (Å²) in [5.41, 5.74) is 7.12. The number of rotatable bonds is 5. The Morgan fingerprint density at radius 1 is 1.05 bits per heavy atom. The number of nitrogens with two attached hydrogens (primary N) is 1. The smallest absolute Gasteiger partial charge is 0.161 e. The fourth-order valence-electron chi connectivity index (χ4n) is 1.68. The topological polar surface area (TPSA) is 68.3 Å². The molecule has 0 aliphatic rings. The van der Waals surface area contributed by atoms with E-state index in [9.17, 15) is 0 Å². The summed E-state index contributed by atoms with van der Waals surface area (Å²) in [7, 11) is 1.61. The largest absolute Gasteiger partial charge is 0.493 e. The maximum atomic E-state index is 7.33. The highest BCUT2D eigenvalue weighted by Gasteiger charge is 2.03. The molecule has 0 aliphatic heterocycles. The van der Waals surface area contributed by atoms with Crippen LogP contribution in [0.4, 0.5) is 0 Å². The third kappa shape index (κ3) is 3.90. The number of ether oxygens (including phenoxy) is 2. The lowest BCUT2D eigenvalue weighted by molar-refractivity contribution is 0.284. The van der Waals surface area contributed by atoms with E-state index in [1.165, 1.54) is 0 Å². The molecule has 0 bridgehead atoms. The minimum absolute atomic E-state index is 0. The predicted molar refractivity (Wildman–Crippen MR) is 82.0 cm³/mol. The molecule has 0 saturated carbocycles. The van der Waals surface area contributed by atoms with Crippen molar-refractivity contribution >= 4 is 18.2 Å². The molecule has 2 rings (SSSR count). The summed E-state index contributed by atoms with van der Waals surface area (Å²) in [6, 6.07) is 14.9. The molecule has 0 saturated heterocycles. The van der Waals surface area contributed by atoms with Gasteiger partial charge in [-0.05, 0) is 17.7 Å². The standard InChI is InChI=1S/C15H16N2O2.ClH/c1-18-13-4-2-3-5-14(13)19-10-11-6-8-12(9-7-11)15(16)17;/h2-9H,10H2,1H3,(H3,16,17);1H. The Hall–Kier alpha value is -2.20. The van der Waals surface area contributed by atoms with Crippen LogP contribution in [-0.2, 0) is 6.61 Å². The summed E-state index contributed by atoms with van der Waals surface area (Å²) in [4.78, 5) is 0. The second-order valence-electron chi connectivity index (χ2n) is 4.05. The van der Waals surface area contributed by atoms with Gasteiger partial charge in [0.05, 0.1) is 7.11 Å². The van der Waals surface area contributed by atoms with Gasteiger partial charge in [-0.25, -0.2) is 0 Å². The van der Waals surface area contributed by atoms with Crippen LogP contribution in [0.1, 0.15) is 11.1 Å². The van der Waals surface area contributed by atoms with Crippen molar-refractivity contribution < 1.29 is 9.47 Å². The van der Waals surface area contributed by atoms with E-state index < -0.39 is 0 Å². The van der Waals surface area contributed by atoms with E-state index in [2.05, 4.69) is 0 Å². The van der Waals surface area contributed by atoms with Crippen LogP contribution in [0.25, 0.3) is 0 Å². The van der Waals surface area contributed by atoms with Crippen LogP contribution in [0, 0.1) is 5.41 Å². The Labute approximate surface area is 124 Å². The SMILES string of the molecule is COc1ccccc1OCc1ccc(C(=N)N)cc1.Cl. The zero-order chi connectivity index (χ0) is 13.7. The maximum Gasteiger partial charge on any atom is 0.161 e. The van der Waals surface area contributed by atoms with Crippen molar-refractivity contribution in [3.05, 3.63) is 59.7 Å². The summed E-state index contributed by atoms with van der Waals surface area (Å²) in [5.74, 6) is 1.49. The Morgan fingerprint density at radius 3 is 2.20 bits per heavy atom. The van der Waals surface area contributed by atoms with Gasteiger partial charge in [0.2, 0.25) is 0 Å². The van der Waals surface area contributed by atoms with Crippen molar-refractivity contribution in [1.29, 1.82) is 5.41 Å². The molecule has 0 aliphatic carbocycles. The minimum Gasteiger partial charge on any atom is -0.493 e. The molecule has 0 atom stereocenters. The average Bonchev–Trinajstić information content (AvgIpc) is 2.45. The zero-order valence-corrected chi connectivity index (χ0v) is 11.9. The van der Waals surface area contributed by atoms with Crippen molar-refractivity contribution in [2.24, 2.45) is 5.73 Å². The summed E-state index contributed by atoms with van der Waals surface area (Å²) in [6.45, 7) is 0.443. The summed E-state index contributed by atoms with van der Waals surface area (Å²) < 4.78 is 10.9. The zero-order valence-electron chi connectivity index (χ0n) is 11.1. The molecule has 0 fully saturated rings. The van der Waals surface area contributed by atoms with E-state index >= 15 is 0 Å². The summed E-state index contributed by atoms with van der Waals surface area (Å²) >= 11 is 0. The van der Waals surface area contributed by atoms with Gasteiger partial charge >= 0.3 is 0 Å². The quantitative estimate of drug-likeness (QED) is 0.657. The van der Waals surface area contributed by atoms with Crippen LogP contribution >= 0.6 is 12.4 Å².